The molecular formula is C21H29ClN2O2S. The lowest BCUT2D eigenvalue weighted by Gasteiger charge is -2.51. The second kappa shape index (κ2) is 7.57. The van der Waals surface area contributed by atoms with Crippen LogP contribution in [0.5, 0.6) is 0 Å². The highest BCUT2D eigenvalue weighted by atomic mass is 35.5. The minimum absolute atomic E-state index is 0.0771. The molecule has 3 fully saturated rings. The van der Waals surface area contributed by atoms with Gasteiger partial charge in [-0.3, -0.25) is 4.79 Å². The lowest BCUT2D eigenvalue weighted by atomic mass is 9.61. The number of nitrogens with zero attached hydrogens (tertiary/aromatic N) is 2. The van der Waals surface area contributed by atoms with E-state index in [0.29, 0.717) is 28.6 Å². The number of carbonyl (C=O) groups excluding carboxylic acids is 1. The van der Waals surface area contributed by atoms with Crippen LogP contribution >= 0.6 is 23.4 Å². The maximum atomic E-state index is 13.4. The van der Waals surface area contributed by atoms with Crippen molar-refractivity contribution >= 4 is 29.3 Å². The molecule has 5 atom stereocenters. The van der Waals surface area contributed by atoms with Crippen LogP contribution in [0.25, 0.3) is 0 Å². The third-order valence-corrected chi connectivity index (χ3v) is 8.53. The van der Waals surface area contributed by atoms with Crippen LogP contribution < -0.4 is 0 Å². The Labute approximate surface area is 171 Å². The first kappa shape index (κ1) is 19.5. The molecule has 0 aromatic carbocycles. The number of amides is 1. The zero-order chi connectivity index (χ0) is 19.2. The van der Waals surface area contributed by atoms with Gasteiger partial charge >= 0.3 is 0 Å². The third kappa shape index (κ3) is 3.30. The monoisotopic (exact) mass is 408 g/mol. The Morgan fingerprint density at radius 3 is 2.89 bits per heavy atom. The molecule has 4 nitrogen and oxygen atoms in total. The van der Waals surface area contributed by atoms with Crippen molar-refractivity contribution < 1.29 is 9.53 Å². The average molecular weight is 409 g/mol. The van der Waals surface area contributed by atoms with E-state index in [9.17, 15) is 4.79 Å². The van der Waals surface area contributed by atoms with Crippen molar-refractivity contribution in [3.05, 3.63) is 22.8 Å². The summed E-state index contributed by atoms with van der Waals surface area (Å²) < 4.78 is 5.95. The van der Waals surface area contributed by atoms with E-state index in [2.05, 4.69) is 11.9 Å². The molecule has 1 amide bonds. The summed E-state index contributed by atoms with van der Waals surface area (Å²) in [6.45, 7) is 2.13. The highest BCUT2D eigenvalue weighted by Crippen LogP contribution is 2.62. The number of fused-ring (bicyclic) bond motifs is 1. The highest BCUT2D eigenvalue weighted by molar-refractivity contribution is 7.99. The quantitative estimate of drug-likeness (QED) is 0.495. The van der Waals surface area contributed by atoms with Crippen LogP contribution in [0.1, 0.15) is 55.8 Å². The van der Waals surface area contributed by atoms with Gasteiger partial charge in [0.05, 0.1) is 11.2 Å². The Bertz CT molecular complexity index is 730. The lowest BCUT2D eigenvalue weighted by molar-refractivity contribution is -0.149. The molecule has 3 aliphatic rings. The number of hydrogen-bond acceptors (Lipinski definition) is 4. The summed E-state index contributed by atoms with van der Waals surface area (Å²) >= 11 is 7.71. The second-order valence-corrected chi connectivity index (χ2v) is 9.91. The van der Waals surface area contributed by atoms with Crippen LogP contribution in [-0.2, 0) is 4.74 Å². The fourth-order valence-electron chi connectivity index (χ4n) is 5.78. The molecule has 2 bridgehead atoms. The largest absolute Gasteiger partial charge is 0.378 e. The number of hydrogen-bond donors (Lipinski definition) is 0. The minimum Gasteiger partial charge on any atom is -0.378 e. The van der Waals surface area contributed by atoms with Gasteiger partial charge in [-0.2, -0.15) is 0 Å². The summed E-state index contributed by atoms with van der Waals surface area (Å²) in [4.78, 5) is 19.8. The van der Waals surface area contributed by atoms with Crippen molar-refractivity contribution in [3.8, 4) is 0 Å². The molecule has 4 rings (SSSR count). The second-order valence-electron chi connectivity index (χ2n) is 8.44. The molecule has 3 saturated carbocycles. The molecule has 1 heterocycles. The van der Waals surface area contributed by atoms with Crippen LogP contribution in [-0.4, -0.2) is 47.3 Å². The van der Waals surface area contributed by atoms with Crippen molar-refractivity contribution in [2.24, 2.45) is 17.8 Å². The Morgan fingerprint density at radius 2 is 2.15 bits per heavy atom. The van der Waals surface area contributed by atoms with Crippen molar-refractivity contribution in [1.29, 1.82) is 0 Å². The third-order valence-electron chi connectivity index (χ3n) is 7.12. The fraction of sp³-hybridized carbons (Fsp3) is 0.714. The normalized spacial score (nSPS) is 34.1. The zero-order valence-corrected chi connectivity index (χ0v) is 18.0. The summed E-state index contributed by atoms with van der Waals surface area (Å²) in [5.74, 6) is 3.05. The number of thioether (sulfide) groups is 1. The Balaban J connectivity index is 1.55. The van der Waals surface area contributed by atoms with Gasteiger partial charge in [-0.15, -0.1) is 11.8 Å². The van der Waals surface area contributed by atoms with Gasteiger partial charge in [0.1, 0.15) is 10.2 Å². The minimum atomic E-state index is 0.0771. The van der Waals surface area contributed by atoms with Crippen molar-refractivity contribution in [2.75, 3.05) is 19.9 Å². The average Bonchev–Trinajstić information content (AvgIpc) is 2.84. The summed E-state index contributed by atoms with van der Waals surface area (Å²) in [6.07, 6.45) is 6.88. The summed E-state index contributed by atoms with van der Waals surface area (Å²) in [5, 5.41) is 1.21. The number of aromatic nitrogens is 1. The molecule has 27 heavy (non-hydrogen) atoms. The van der Waals surface area contributed by atoms with Crippen molar-refractivity contribution in [1.82, 2.24) is 9.88 Å². The van der Waals surface area contributed by atoms with Crippen LogP contribution in [0.3, 0.4) is 0 Å². The maximum Gasteiger partial charge on any atom is 0.256 e. The van der Waals surface area contributed by atoms with Gasteiger partial charge in [0.15, 0.2) is 0 Å². The smallest absolute Gasteiger partial charge is 0.256 e. The molecular weight excluding hydrogens is 380 g/mol. The molecule has 1 aromatic heterocycles. The van der Waals surface area contributed by atoms with Crippen LogP contribution in [0.2, 0.25) is 5.15 Å². The van der Waals surface area contributed by atoms with Crippen molar-refractivity contribution in [2.45, 2.75) is 62.1 Å². The SMILES string of the molecule is CCCSc1nc(Cl)ccc1C(=O)N(C)[C@@H]1CCC2C[C@]3(OC)CC1CC23. The number of halogens is 1. The van der Waals surface area contributed by atoms with Gasteiger partial charge in [0, 0.05) is 20.2 Å². The predicted octanol–water partition coefficient (Wildman–Crippen LogP) is 4.90. The first-order valence-corrected chi connectivity index (χ1v) is 11.5. The van der Waals surface area contributed by atoms with Gasteiger partial charge in [0.25, 0.3) is 5.91 Å². The van der Waals surface area contributed by atoms with Crippen LogP contribution in [0, 0.1) is 17.8 Å². The van der Waals surface area contributed by atoms with E-state index in [-0.39, 0.29) is 11.5 Å². The number of ether oxygens (including phenoxy) is 1. The molecule has 0 radical (unpaired) electrons. The fourth-order valence-corrected chi connectivity index (χ4v) is 6.85. The molecule has 0 aliphatic heterocycles. The predicted molar refractivity (Wildman–Crippen MR) is 109 cm³/mol. The van der Waals surface area contributed by atoms with Gasteiger partial charge in [-0.1, -0.05) is 18.5 Å². The van der Waals surface area contributed by atoms with E-state index in [1.165, 1.54) is 19.3 Å². The van der Waals surface area contributed by atoms with E-state index in [1.807, 2.05) is 25.1 Å². The Hall–Kier alpha value is -0.780. The topological polar surface area (TPSA) is 42.4 Å². The summed E-state index contributed by atoms with van der Waals surface area (Å²) in [5.41, 5.74) is 0.785. The van der Waals surface area contributed by atoms with Gasteiger partial charge in [-0.25, -0.2) is 4.98 Å². The molecule has 0 saturated heterocycles. The molecule has 6 heteroatoms. The Kier molecular flexibility index (Phi) is 5.47. The van der Waals surface area contributed by atoms with E-state index in [1.54, 1.807) is 17.8 Å². The first-order valence-electron chi connectivity index (χ1n) is 10.1. The standard InChI is InChI=1S/C21H29ClN2O2S/c1-4-9-27-19-15(6-8-18(22)23-19)20(25)24(2)17-7-5-13-11-21(26-3)12-14(17)10-16(13)21/h6,8,13-14,16-17H,4-5,7,9-12H2,1-3H3/t13?,14?,16?,17-,21+/m1/s1. The molecule has 0 spiro atoms. The zero-order valence-electron chi connectivity index (χ0n) is 16.4. The summed E-state index contributed by atoms with van der Waals surface area (Å²) in [7, 11) is 3.84. The number of carbonyl (C=O) groups is 1. The maximum absolute atomic E-state index is 13.4. The number of rotatable bonds is 6. The van der Waals surface area contributed by atoms with E-state index in [0.717, 1.165) is 36.0 Å². The van der Waals surface area contributed by atoms with Gasteiger partial charge in [-0.05, 0) is 74.2 Å². The van der Waals surface area contributed by atoms with E-state index < -0.39 is 0 Å². The summed E-state index contributed by atoms with van der Waals surface area (Å²) in [6, 6.07) is 3.86. The highest BCUT2D eigenvalue weighted by Gasteiger charge is 2.62. The molecule has 3 aliphatic carbocycles. The van der Waals surface area contributed by atoms with E-state index in [4.69, 9.17) is 16.3 Å². The molecule has 3 unspecified atom stereocenters. The van der Waals surface area contributed by atoms with Gasteiger partial charge in [0.2, 0.25) is 0 Å². The molecule has 148 valence electrons. The molecule has 1 aromatic rings. The van der Waals surface area contributed by atoms with Crippen molar-refractivity contribution in [3.63, 3.8) is 0 Å². The number of methoxy groups -OCH3 is 1. The van der Waals surface area contributed by atoms with Crippen LogP contribution in [0.4, 0.5) is 0 Å². The molecule has 0 N–H and O–H groups in total. The lowest BCUT2D eigenvalue weighted by Crippen LogP contribution is -2.53. The van der Waals surface area contributed by atoms with Gasteiger partial charge < -0.3 is 9.64 Å². The van der Waals surface area contributed by atoms with Crippen LogP contribution in [0.15, 0.2) is 17.2 Å². The van der Waals surface area contributed by atoms with E-state index >= 15 is 0 Å². The Morgan fingerprint density at radius 1 is 1.37 bits per heavy atom. The first-order chi connectivity index (χ1) is 13.0. The number of pyridine rings is 1.